The van der Waals surface area contributed by atoms with Crippen molar-refractivity contribution in [3.8, 4) is 0 Å². The molecule has 1 saturated heterocycles. The number of rotatable bonds is 5. The van der Waals surface area contributed by atoms with Crippen LogP contribution in [0.1, 0.15) is 26.2 Å². The SMILES string of the molecule is CCNC(=O)CCNC(=O)C1CCNCC1. The molecular weight excluding hydrogens is 206 g/mol. The molecule has 0 spiro atoms. The van der Waals surface area contributed by atoms with Crippen LogP contribution in [0.4, 0.5) is 0 Å². The average molecular weight is 227 g/mol. The molecule has 0 radical (unpaired) electrons. The summed E-state index contributed by atoms with van der Waals surface area (Å²) in [6, 6.07) is 0. The maximum absolute atomic E-state index is 11.7. The van der Waals surface area contributed by atoms with Gasteiger partial charge in [0, 0.05) is 25.4 Å². The maximum Gasteiger partial charge on any atom is 0.223 e. The van der Waals surface area contributed by atoms with Gasteiger partial charge in [-0.25, -0.2) is 0 Å². The fourth-order valence-electron chi connectivity index (χ4n) is 1.81. The van der Waals surface area contributed by atoms with Crippen LogP contribution < -0.4 is 16.0 Å². The molecular formula is C11H21N3O2. The molecule has 0 aromatic carbocycles. The van der Waals surface area contributed by atoms with Gasteiger partial charge < -0.3 is 16.0 Å². The van der Waals surface area contributed by atoms with E-state index in [1.807, 2.05) is 6.92 Å². The molecule has 1 aliphatic rings. The zero-order chi connectivity index (χ0) is 11.8. The lowest BCUT2D eigenvalue weighted by Crippen LogP contribution is -2.39. The summed E-state index contributed by atoms with van der Waals surface area (Å²) in [5, 5.41) is 8.73. The minimum Gasteiger partial charge on any atom is -0.356 e. The Balaban J connectivity index is 2.12. The Morgan fingerprint density at radius 2 is 1.94 bits per heavy atom. The van der Waals surface area contributed by atoms with E-state index in [9.17, 15) is 9.59 Å². The molecule has 3 N–H and O–H groups in total. The fraction of sp³-hybridized carbons (Fsp3) is 0.818. The Kier molecular flexibility index (Phi) is 5.85. The Labute approximate surface area is 96.4 Å². The Bertz CT molecular complexity index is 237. The van der Waals surface area contributed by atoms with Gasteiger partial charge in [-0.05, 0) is 32.9 Å². The molecule has 0 saturated carbocycles. The van der Waals surface area contributed by atoms with Gasteiger partial charge in [0.05, 0.1) is 0 Å². The van der Waals surface area contributed by atoms with Crippen molar-refractivity contribution in [2.24, 2.45) is 5.92 Å². The molecule has 2 amide bonds. The second-order valence-corrected chi connectivity index (χ2v) is 4.02. The van der Waals surface area contributed by atoms with Gasteiger partial charge in [-0.3, -0.25) is 9.59 Å². The van der Waals surface area contributed by atoms with Gasteiger partial charge in [0.15, 0.2) is 0 Å². The van der Waals surface area contributed by atoms with Gasteiger partial charge in [-0.15, -0.1) is 0 Å². The topological polar surface area (TPSA) is 70.2 Å². The normalized spacial score (nSPS) is 16.8. The zero-order valence-electron chi connectivity index (χ0n) is 9.84. The van der Waals surface area contributed by atoms with Crippen molar-refractivity contribution >= 4 is 11.8 Å². The highest BCUT2D eigenvalue weighted by atomic mass is 16.2. The molecule has 0 atom stereocenters. The molecule has 0 aliphatic carbocycles. The minimum absolute atomic E-state index is 0.00638. The molecule has 16 heavy (non-hydrogen) atoms. The van der Waals surface area contributed by atoms with Gasteiger partial charge >= 0.3 is 0 Å². The average Bonchev–Trinajstić information content (AvgIpc) is 2.30. The van der Waals surface area contributed by atoms with Crippen molar-refractivity contribution in [1.82, 2.24) is 16.0 Å². The number of piperidine rings is 1. The predicted octanol–water partition coefficient (Wildman–Crippen LogP) is -0.372. The zero-order valence-corrected chi connectivity index (χ0v) is 9.84. The van der Waals surface area contributed by atoms with Crippen LogP contribution in [0, 0.1) is 5.92 Å². The highest BCUT2D eigenvalue weighted by molar-refractivity contribution is 5.80. The number of carbonyl (C=O) groups excluding carboxylic acids is 2. The molecule has 5 nitrogen and oxygen atoms in total. The molecule has 1 rings (SSSR count). The number of nitrogens with one attached hydrogen (secondary N) is 3. The van der Waals surface area contributed by atoms with Crippen LogP contribution in [0.2, 0.25) is 0 Å². The van der Waals surface area contributed by atoms with E-state index in [2.05, 4.69) is 16.0 Å². The van der Waals surface area contributed by atoms with E-state index in [1.165, 1.54) is 0 Å². The monoisotopic (exact) mass is 227 g/mol. The van der Waals surface area contributed by atoms with Gasteiger partial charge in [0.1, 0.15) is 0 Å². The summed E-state index contributed by atoms with van der Waals surface area (Å²) in [5.74, 6) is 0.203. The molecule has 0 aromatic heterocycles. The van der Waals surface area contributed by atoms with Crippen LogP contribution in [-0.4, -0.2) is 38.0 Å². The second-order valence-electron chi connectivity index (χ2n) is 4.02. The summed E-state index contributed by atoms with van der Waals surface area (Å²) in [7, 11) is 0. The van der Waals surface area contributed by atoms with Gasteiger partial charge in [-0.2, -0.15) is 0 Å². The van der Waals surface area contributed by atoms with E-state index in [4.69, 9.17) is 0 Å². The van der Waals surface area contributed by atoms with Crippen molar-refractivity contribution in [3.63, 3.8) is 0 Å². The third kappa shape index (κ3) is 4.61. The molecule has 92 valence electrons. The molecule has 1 heterocycles. The molecule has 0 aromatic rings. The summed E-state index contributed by atoms with van der Waals surface area (Å²) in [6.07, 6.45) is 2.16. The Morgan fingerprint density at radius 1 is 1.25 bits per heavy atom. The van der Waals surface area contributed by atoms with Crippen molar-refractivity contribution in [2.45, 2.75) is 26.2 Å². The third-order valence-electron chi connectivity index (χ3n) is 2.74. The Morgan fingerprint density at radius 3 is 2.56 bits per heavy atom. The summed E-state index contributed by atoms with van der Waals surface area (Å²) in [6.45, 7) is 4.78. The minimum atomic E-state index is -0.00638. The van der Waals surface area contributed by atoms with Crippen LogP contribution in [0.5, 0.6) is 0 Å². The van der Waals surface area contributed by atoms with Gasteiger partial charge in [0.25, 0.3) is 0 Å². The quantitative estimate of drug-likeness (QED) is 0.600. The molecule has 5 heteroatoms. The standard InChI is InChI=1S/C11H21N3O2/c1-2-13-10(15)5-8-14-11(16)9-3-6-12-7-4-9/h9,12H,2-8H2,1H3,(H,13,15)(H,14,16). The van der Waals surface area contributed by atoms with Crippen LogP contribution in [0.3, 0.4) is 0 Å². The first kappa shape index (κ1) is 13.0. The van der Waals surface area contributed by atoms with Crippen LogP contribution in [0.15, 0.2) is 0 Å². The highest BCUT2D eigenvalue weighted by Crippen LogP contribution is 2.10. The summed E-state index contributed by atoms with van der Waals surface area (Å²) >= 11 is 0. The highest BCUT2D eigenvalue weighted by Gasteiger charge is 2.20. The largest absolute Gasteiger partial charge is 0.356 e. The molecule has 1 aliphatic heterocycles. The first-order valence-corrected chi connectivity index (χ1v) is 5.99. The van der Waals surface area contributed by atoms with Crippen molar-refractivity contribution in [1.29, 1.82) is 0 Å². The number of hydrogen-bond acceptors (Lipinski definition) is 3. The molecule has 1 fully saturated rings. The third-order valence-corrected chi connectivity index (χ3v) is 2.74. The van der Waals surface area contributed by atoms with E-state index < -0.39 is 0 Å². The van der Waals surface area contributed by atoms with Crippen LogP contribution in [0.25, 0.3) is 0 Å². The maximum atomic E-state index is 11.7. The molecule has 0 unspecified atom stereocenters. The van der Waals surface area contributed by atoms with Gasteiger partial charge in [-0.1, -0.05) is 0 Å². The van der Waals surface area contributed by atoms with Crippen LogP contribution in [-0.2, 0) is 9.59 Å². The predicted molar refractivity (Wildman–Crippen MR) is 61.9 cm³/mol. The van der Waals surface area contributed by atoms with Crippen molar-refractivity contribution in [2.75, 3.05) is 26.2 Å². The van der Waals surface area contributed by atoms with E-state index in [0.717, 1.165) is 25.9 Å². The Hall–Kier alpha value is -1.10. The lowest BCUT2D eigenvalue weighted by molar-refractivity contribution is -0.126. The summed E-state index contributed by atoms with van der Waals surface area (Å²) in [4.78, 5) is 22.8. The van der Waals surface area contributed by atoms with Gasteiger partial charge in [0.2, 0.25) is 11.8 Å². The van der Waals surface area contributed by atoms with E-state index in [-0.39, 0.29) is 17.7 Å². The smallest absolute Gasteiger partial charge is 0.223 e. The first-order chi connectivity index (χ1) is 7.74. The van der Waals surface area contributed by atoms with E-state index in [0.29, 0.717) is 19.5 Å². The number of hydrogen-bond donors (Lipinski definition) is 3. The first-order valence-electron chi connectivity index (χ1n) is 5.99. The lowest BCUT2D eigenvalue weighted by atomic mass is 9.97. The van der Waals surface area contributed by atoms with E-state index in [1.54, 1.807) is 0 Å². The lowest BCUT2D eigenvalue weighted by Gasteiger charge is -2.21. The van der Waals surface area contributed by atoms with Crippen molar-refractivity contribution in [3.05, 3.63) is 0 Å². The molecule has 0 bridgehead atoms. The fourth-order valence-corrected chi connectivity index (χ4v) is 1.81. The summed E-state index contributed by atoms with van der Waals surface area (Å²) in [5.41, 5.74) is 0. The van der Waals surface area contributed by atoms with Crippen molar-refractivity contribution < 1.29 is 9.59 Å². The number of amides is 2. The second kappa shape index (κ2) is 7.22. The number of carbonyl (C=O) groups is 2. The van der Waals surface area contributed by atoms with Crippen LogP contribution >= 0.6 is 0 Å². The van der Waals surface area contributed by atoms with E-state index >= 15 is 0 Å². The summed E-state index contributed by atoms with van der Waals surface area (Å²) < 4.78 is 0.